The van der Waals surface area contributed by atoms with Crippen molar-refractivity contribution in [2.45, 2.75) is 243 Å². The molecule has 0 saturated carbocycles. The molecular weight excluding hydrogens is 765 g/mol. The minimum Gasteiger partial charge on any atom is -0.457 e. The SMILES string of the molecule is CCCCC/C=C\CCCCCCCCOCC(COC1OC(CO)C(O)C(OS(=O)(=O)O)C1O)OC(=O)CCCCCCCCCCCCCCCCCCCC. The summed E-state index contributed by atoms with van der Waals surface area (Å²) in [5.41, 5.74) is 0. The summed E-state index contributed by atoms with van der Waals surface area (Å²) in [4.78, 5) is 12.9. The van der Waals surface area contributed by atoms with E-state index >= 15 is 0 Å². The molecule has 1 saturated heterocycles. The highest BCUT2D eigenvalue weighted by Gasteiger charge is 2.48. The Morgan fingerprint density at radius 2 is 1.09 bits per heavy atom. The molecule has 1 rings (SSSR count). The van der Waals surface area contributed by atoms with Crippen molar-refractivity contribution in [2.24, 2.45) is 0 Å². The molecule has 6 unspecified atom stereocenters. The van der Waals surface area contributed by atoms with Crippen LogP contribution in [0.25, 0.3) is 0 Å². The predicted octanol–water partition coefficient (Wildman–Crippen LogP) is 9.86. The Labute approximate surface area is 353 Å². The van der Waals surface area contributed by atoms with Gasteiger partial charge in [0.25, 0.3) is 0 Å². The van der Waals surface area contributed by atoms with Crippen LogP contribution >= 0.6 is 0 Å². The molecule has 0 aliphatic carbocycles. The van der Waals surface area contributed by atoms with Crippen molar-refractivity contribution in [2.75, 3.05) is 26.4 Å². The minimum absolute atomic E-state index is 0.0370. The van der Waals surface area contributed by atoms with Crippen molar-refractivity contribution in [3.63, 3.8) is 0 Å². The van der Waals surface area contributed by atoms with Gasteiger partial charge in [0.05, 0.1) is 19.8 Å². The number of rotatable bonds is 41. The highest BCUT2D eigenvalue weighted by atomic mass is 32.3. The maximum Gasteiger partial charge on any atom is 0.397 e. The van der Waals surface area contributed by atoms with E-state index in [0.29, 0.717) is 13.0 Å². The number of ether oxygens (including phenoxy) is 4. The zero-order valence-corrected chi connectivity index (χ0v) is 37.4. The van der Waals surface area contributed by atoms with E-state index in [-0.39, 0.29) is 19.6 Å². The molecule has 0 amide bonds. The Balaban J connectivity index is 2.39. The number of carbonyl (C=O) groups is 1. The zero-order valence-electron chi connectivity index (χ0n) is 36.6. The van der Waals surface area contributed by atoms with Crippen LogP contribution < -0.4 is 0 Å². The van der Waals surface area contributed by atoms with Crippen molar-refractivity contribution in [3.8, 4) is 0 Å². The Bertz CT molecular complexity index is 1070. The second kappa shape index (κ2) is 37.6. The normalized spacial score (nSPS) is 20.6. The molecule has 1 aliphatic heterocycles. The lowest BCUT2D eigenvalue weighted by atomic mass is 9.99. The van der Waals surface area contributed by atoms with Gasteiger partial charge in [0.1, 0.15) is 30.5 Å². The number of aliphatic hydroxyl groups excluding tert-OH is 3. The fourth-order valence-corrected chi connectivity index (χ4v) is 7.82. The Hall–Kier alpha value is -1.16. The summed E-state index contributed by atoms with van der Waals surface area (Å²) in [5.74, 6) is -0.397. The van der Waals surface area contributed by atoms with Crippen LogP contribution in [0.2, 0.25) is 0 Å². The molecule has 0 spiro atoms. The molecule has 0 aromatic rings. The second-order valence-electron chi connectivity index (χ2n) is 16.4. The predicted molar refractivity (Wildman–Crippen MR) is 230 cm³/mol. The van der Waals surface area contributed by atoms with E-state index in [0.717, 1.165) is 44.9 Å². The largest absolute Gasteiger partial charge is 0.457 e. The highest BCUT2D eigenvalue weighted by Crippen LogP contribution is 2.26. The molecule has 1 heterocycles. The number of esters is 1. The number of aliphatic hydroxyl groups is 3. The van der Waals surface area contributed by atoms with Crippen molar-refractivity contribution >= 4 is 16.4 Å². The molecule has 1 aliphatic rings. The van der Waals surface area contributed by atoms with E-state index in [1.807, 2.05) is 0 Å². The molecule has 344 valence electrons. The number of carbonyl (C=O) groups excluding carboxylic acids is 1. The van der Waals surface area contributed by atoms with Gasteiger partial charge in [-0.3, -0.25) is 9.35 Å². The first-order valence-electron chi connectivity index (χ1n) is 23.4. The zero-order chi connectivity index (χ0) is 42.5. The van der Waals surface area contributed by atoms with Crippen molar-refractivity contribution < 1.29 is 56.2 Å². The molecular formula is C45H86O12S. The topological polar surface area (TPSA) is 178 Å². The summed E-state index contributed by atoms with van der Waals surface area (Å²) in [7, 11) is -5.06. The number of unbranched alkanes of at least 4 members (excludes halogenated alkanes) is 26. The standard InChI is InChI=1S/C45H86O12S/c1-3-5-7-9-11-13-15-17-18-19-20-21-22-24-26-28-30-32-34-41(47)55-39(37-53-35-33-31-29-27-25-23-16-14-12-10-8-6-4-2)38-54-45-43(49)44(57-58(50,51)52)42(48)40(36-46)56-45/h12,14,39-40,42-46,48-49H,3-11,13,15-38H2,1-2H3,(H,50,51,52)/b14-12-. The maximum absolute atomic E-state index is 12.9. The molecule has 13 heteroatoms. The molecule has 0 aromatic heterocycles. The number of allylic oxidation sites excluding steroid dienone is 2. The Morgan fingerprint density at radius 3 is 1.59 bits per heavy atom. The monoisotopic (exact) mass is 851 g/mol. The summed E-state index contributed by atoms with van der Waals surface area (Å²) < 4.78 is 59.1. The summed E-state index contributed by atoms with van der Waals surface area (Å²) in [6.07, 6.45) is 31.0. The van der Waals surface area contributed by atoms with Gasteiger partial charge in [-0.25, -0.2) is 4.18 Å². The lowest BCUT2D eigenvalue weighted by Crippen LogP contribution is -2.60. The molecule has 6 atom stereocenters. The Morgan fingerprint density at radius 1 is 0.638 bits per heavy atom. The highest BCUT2D eigenvalue weighted by molar-refractivity contribution is 7.80. The van der Waals surface area contributed by atoms with Gasteiger partial charge in [-0.1, -0.05) is 174 Å². The molecule has 12 nitrogen and oxygen atoms in total. The van der Waals surface area contributed by atoms with Crippen LogP contribution in [0.15, 0.2) is 12.2 Å². The maximum atomic E-state index is 12.9. The average molecular weight is 851 g/mol. The molecule has 0 radical (unpaired) electrons. The van der Waals surface area contributed by atoms with Gasteiger partial charge in [-0.15, -0.1) is 0 Å². The lowest BCUT2D eigenvalue weighted by molar-refractivity contribution is -0.301. The summed E-state index contributed by atoms with van der Waals surface area (Å²) in [5, 5.41) is 30.7. The number of hydrogen-bond donors (Lipinski definition) is 4. The van der Waals surface area contributed by atoms with Gasteiger partial charge in [-0.2, -0.15) is 8.42 Å². The minimum atomic E-state index is -5.06. The molecule has 0 aromatic carbocycles. The molecule has 1 fully saturated rings. The fourth-order valence-electron chi connectivity index (χ4n) is 7.32. The third kappa shape index (κ3) is 30.8. The van der Waals surface area contributed by atoms with Crippen LogP contribution in [0.1, 0.15) is 206 Å². The van der Waals surface area contributed by atoms with E-state index < -0.39 is 59.8 Å². The third-order valence-corrected chi connectivity index (χ3v) is 11.4. The van der Waals surface area contributed by atoms with Gasteiger partial charge in [0, 0.05) is 13.0 Å². The van der Waals surface area contributed by atoms with E-state index in [2.05, 4.69) is 30.2 Å². The fraction of sp³-hybridized carbons (Fsp3) is 0.933. The quantitative estimate of drug-likeness (QED) is 0.0198. The van der Waals surface area contributed by atoms with E-state index in [9.17, 15) is 28.5 Å². The molecule has 4 N–H and O–H groups in total. The molecule has 58 heavy (non-hydrogen) atoms. The summed E-state index contributed by atoms with van der Waals surface area (Å²) >= 11 is 0. The second-order valence-corrected chi connectivity index (χ2v) is 17.4. The van der Waals surface area contributed by atoms with Crippen LogP contribution in [0.4, 0.5) is 0 Å². The van der Waals surface area contributed by atoms with Gasteiger partial charge in [0.15, 0.2) is 6.29 Å². The van der Waals surface area contributed by atoms with Gasteiger partial charge in [-0.05, 0) is 38.5 Å². The van der Waals surface area contributed by atoms with Gasteiger partial charge < -0.3 is 34.3 Å². The van der Waals surface area contributed by atoms with E-state index in [4.69, 9.17) is 23.5 Å². The Kier molecular flexibility index (Phi) is 35.6. The van der Waals surface area contributed by atoms with Crippen LogP contribution in [0.3, 0.4) is 0 Å². The van der Waals surface area contributed by atoms with Gasteiger partial charge >= 0.3 is 16.4 Å². The van der Waals surface area contributed by atoms with Gasteiger partial charge in [0.2, 0.25) is 0 Å². The van der Waals surface area contributed by atoms with E-state index in [1.165, 1.54) is 135 Å². The first kappa shape index (κ1) is 54.9. The van der Waals surface area contributed by atoms with Crippen LogP contribution in [-0.2, 0) is 38.3 Å². The van der Waals surface area contributed by atoms with Crippen LogP contribution in [0.5, 0.6) is 0 Å². The summed E-state index contributed by atoms with van der Waals surface area (Å²) in [6.45, 7) is 3.98. The average Bonchev–Trinajstić information content (AvgIpc) is 3.19. The van der Waals surface area contributed by atoms with Crippen molar-refractivity contribution in [1.82, 2.24) is 0 Å². The summed E-state index contributed by atoms with van der Waals surface area (Å²) in [6, 6.07) is 0. The smallest absolute Gasteiger partial charge is 0.397 e. The molecule has 0 bridgehead atoms. The first-order chi connectivity index (χ1) is 28.1. The first-order valence-corrected chi connectivity index (χ1v) is 24.8. The van der Waals surface area contributed by atoms with E-state index in [1.54, 1.807) is 0 Å². The third-order valence-electron chi connectivity index (χ3n) is 10.9. The lowest BCUT2D eigenvalue weighted by Gasteiger charge is -2.41. The number of hydrogen-bond acceptors (Lipinski definition) is 11. The van der Waals surface area contributed by atoms with Crippen LogP contribution in [0, 0.1) is 0 Å². The van der Waals surface area contributed by atoms with Crippen molar-refractivity contribution in [1.29, 1.82) is 0 Å². The van der Waals surface area contributed by atoms with Crippen LogP contribution in [-0.4, -0.2) is 97.5 Å². The van der Waals surface area contributed by atoms with Crippen molar-refractivity contribution in [3.05, 3.63) is 12.2 Å².